The molecule has 0 unspecified atom stereocenters. The summed E-state index contributed by atoms with van der Waals surface area (Å²) in [4.78, 5) is 13.3. The van der Waals surface area contributed by atoms with E-state index in [0.29, 0.717) is 0 Å². The standard InChI is InChI=1S/C16H16O2S/c1-2-19(13-16(17)18,14-9-5-3-6-10-14)15-11-7-4-8-12-15/h2-12H,1,13H2,(H,17,18). The first-order valence-corrected chi connectivity index (χ1v) is 7.81. The number of carbonyl (C=O) groups is 1. The van der Waals surface area contributed by atoms with E-state index < -0.39 is 16.0 Å². The van der Waals surface area contributed by atoms with Gasteiger partial charge >= 0.3 is 5.97 Å². The van der Waals surface area contributed by atoms with E-state index in [1.54, 1.807) is 0 Å². The number of benzene rings is 2. The quantitative estimate of drug-likeness (QED) is 0.888. The summed E-state index contributed by atoms with van der Waals surface area (Å²) in [5.41, 5.74) is 0. The molecule has 3 heteroatoms. The third-order valence-electron chi connectivity index (χ3n) is 2.96. The molecule has 0 fully saturated rings. The molecule has 0 aliphatic rings. The predicted molar refractivity (Wildman–Crippen MR) is 79.7 cm³/mol. The lowest BCUT2D eigenvalue weighted by Crippen LogP contribution is -2.12. The zero-order chi connectivity index (χ0) is 13.7. The Kier molecular flexibility index (Phi) is 4.07. The highest BCUT2D eigenvalue weighted by atomic mass is 32.3. The van der Waals surface area contributed by atoms with Gasteiger partial charge in [-0.1, -0.05) is 43.0 Å². The highest BCUT2D eigenvalue weighted by molar-refractivity contribution is 8.36. The van der Waals surface area contributed by atoms with E-state index in [1.807, 2.05) is 66.1 Å². The summed E-state index contributed by atoms with van der Waals surface area (Å²) in [5.74, 6) is -0.729. The van der Waals surface area contributed by atoms with Gasteiger partial charge in [-0.3, -0.25) is 4.79 Å². The number of carboxylic acid groups (broad SMARTS) is 1. The molecule has 0 saturated carbocycles. The molecule has 2 rings (SSSR count). The first-order chi connectivity index (χ1) is 9.19. The van der Waals surface area contributed by atoms with Crippen molar-refractivity contribution in [3.05, 3.63) is 72.7 Å². The maximum absolute atomic E-state index is 11.3. The molecule has 0 aliphatic heterocycles. The van der Waals surface area contributed by atoms with Crippen LogP contribution in [0.2, 0.25) is 0 Å². The number of hydrogen-bond donors (Lipinski definition) is 1. The summed E-state index contributed by atoms with van der Waals surface area (Å²) >= 11 is 0. The molecule has 2 aromatic rings. The van der Waals surface area contributed by atoms with Gasteiger partial charge < -0.3 is 5.11 Å². The van der Waals surface area contributed by atoms with Crippen LogP contribution in [0.5, 0.6) is 0 Å². The van der Waals surface area contributed by atoms with Crippen molar-refractivity contribution < 1.29 is 9.90 Å². The first-order valence-electron chi connectivity index (χ1n) is 5.94. The second-order valence-electron chi connectivity index (χ2n) is 4.12. The lowest BCUT2D eigenvalue weighted by molar-refractivity contribution is -0.133. The summed E-state index contributed by atoms with van der Waals surface area (Å²) < 4.78 is 0. The molecule has 0 spiro atoms. The molecule has 0 saturated heterocycles. The molecule has 98 valence electrons. The van der Waals surface area contributed by atoms with Gasteiger partial charge in [0.15, 0.2) is 0 Å². The van der Waals surface area contributed by atoms with Gasteiger partial charge in [0.05, 0.1) is 5.75 Å². The lowest BCUT2D eigenvalue weighted by Gasteiger charge is -2.36. The van der Waals surface area contributed by atoms with Crippen molar-refractivity contribution in [1.82, 2.24) is 0 Å². The monoisotopic (exact) mass is 272 g/mol. The van der Waals surface area contributed by atoms with Crippen LogP contribution in [0.15, 0.2) is 82.4 Å². The van der Waals surface area contributed by atoms with E-state index in [4.69, 9.17) is 0 Å². The summed E-state index contributed by atoms with van der Waals surface area (Å²) in [6.07, 6.45) is 0. The molecule has 2 aromatic carbocycles. The molecule has 0 radical (unpaired) electrons. The minimum atomic E-state index is -1.73. The highest BCUT2D eigenvalue weighted by Crippen LogP contribution is 2.63. The third kappa shape index (κ3) is 2.71. The molecule has 0 heterocycles. The van der Waals surface area contributed by atoms with Crippen LogP contribution in [0.4, 0.5) is 0 Å². The fourth-order valence-corrected chi connectivity index (χ4v) is 4.86. The number of aliphatic carboxylic acids is 1. The van der Waals surface area contributed by atoms with Gasteiger partial charge in [0.1, 0.15) is 0 Å². The van der Waals surface area contributed by atoms with Crippen LogP contribution in [0.1, 0.15) is 0 Å². The van der Waals surface area contributed by atoms with Crippen LogP contribution in [-0.4, -0.2) is 16.8 Å². The van der Waals surface area contributed by atoms with Crippen molar-refractivity contribution in [3.63, 3.8) is 0 Å². The fourth-order valence-electron chi connectivity index (χ4n) is 2.08. The lowest BCUT2D eigenvalue weighted by atomic mass is 10.4. The first kappa shape index (κ1) is 13.4. The highest BCUT2D eigenvalue weighted by Gasteiger charge is 2.28. The average Bonchev–Trinajstić information content (AvgIpc) is 2.46. The number of carboxylic acids is 1. The van der Waals surface area contributed by atoms with E-state index in [0.717, 1.165) is 9.79 Å². The molecular weight excluding hydrogens is 256 g/mol. The van der Waals surface area contributed by atoms with Gasteiger partial charge in [-0.2, -0.15) is 10.0 Å². The van der Waals surface area contributed by atoms with Crippen molar-refractivity contribution in [2.45, 2.75) is 9.79 Å². The van der Waals surface area contributed by atoms with E-state index in [-0.39, 0.29) is 5.75 Å². The second kappa shape index (κ2) is 5.76. The van der Waals surface area contributed by atoms with Crippen LogP contribution >= 0.6 is 10.0 Å². The maximum atomic E-state index is 11.3. The Labute approximate surface area is 114 Å². The molecule has 0 bridgehead atoms. The zero-order valence-corrected chi connectivity index (χ0v) is 11.3. The maximum Gasteiger partial charge on any atom is 0.312 e. The number of hydrogen-bond acceptors (Lipinski definition) is 1. The smallest absolute Gasteiger partial charge is 0.312 e. The van der Waals surface area contributed by atoms with E-state index in [1.165, 1.54) is 0 Å². The summed E-state index contributed by atoms with van der Waals surface area (Å²) in [7, 11) is -1.73. The van der Waals surface area contributed by atoms with Crippen LogP contribution in [0.3, 0.4) is 0 Å². The Bertz CT molecular complexity index is 524. The Balaban J connectivity index is 2.61. The van der Waals surface area contributed by atoms with Crippen LogP contribution < -0.4 is 0 Å². The minimum Gasteiger partial charge on any atom is -0.481 e. The van der Waals surface area contributed by atoms with Crippen LogP contribution in [-0.2, 0) is 4.79 Å². The third-order valence-corrected chi connectivity index (χ3v) is 6.46. The van der Waals surface area contributed by atoms with Gasteiger partial charge in [0.2, 0.25) is 0 Å². The van der Waals surface area contributed by atoms with E-state index >= 15 is 0 Å². The van der Waals surface area contributed by atoms with Crippen molar-refractivity contribution in [2.24, 2.45) is 0 Å². The fraction of sp³-hybridized carbons (Fsp3) is 0.0625. The molecule has 1 N–H and O–H groups in total. The molecule has 0 aromatic heterocycles. The van der Waals surface area contributed by atoms with Gasteiger partial charge in [-0.15, -0.1) is 0 Å². The molecule has 19 heavy (non-hydrogen) atoms. The van der Waals surface area contributed by atoms with E-state index in [2.05, 4.69) is 6.58 Å². The van der Waals surface area contributed by atoms with Crippen molar-refractivity contribution in [2.75, 3.05) is 5.75 Å². The van der Waals surface area contributed by atoms with Crippen LogP contribution in [0, 0.1) is 0 Å². The molecule has 0 amide bonds. The predicted octanol–water partition coefficient (Wildman–Crippen LogP) is 4.14. The van der Waals surface area contributed by atoms with Gasteiger partial charge in [-0.25, -0.2) is 0 Å². The Morgan fingerprint density at radius 1 is 1.00 bits per heavy atom. The zero-order valence-electron chi connectivity index (χ0n) is 10.5. The minimum absolute atomic E-state index is 0.0739. The molecule has 2 nitrogen and oxygen atoms in total. The van der Waals surface area contributed by atoms with Gasteiger partial charge in [-0.05, 0) is 39.5 Å². The largest absolute Gasteiger partial charge is 0.481 e. The van der Waals surface area contributed by atoms with Gasteiger partial charge in [0.25, 0.3) is 0 Å². The summed E-state index contributed by atoms with van der Waals surface area (Å²) in [6, 6.07) is 19.5. The average molecular weight is 272 g/mol. The molecular formula is C16H16O2S. The molecule has 0 atom stereocenters. The van der Waals surface area contributed by atoms with Crippen molar-refractivity contribution in [1.29, 1.82) is 0 Å². The molecule has 0 aliphatic carbocycles. The normalized spacial score (nSPS) is 11.8. The van der Waals surface area contributed by atoms with Crippen molar-refractivity contribution in [3.8, 4) is 0 Å². The topological polar surface area (TPSA) is 37.3 Å². The summed E-state index contributed by atoms with van der Waals surface area (Å²) in [5, 5.41) is 11.1. The Morgan fingerprint density at radius 3 is 1.74 bits per heavy atom. The van der Waals surface area contributed by atoms with E-state index in [9.17, 15) is 9.90 Å². The van der Waals surface area contributed by atoms with Crippen LogP contribution in [0.25, 0.3) is 0 Å². The van der Waals surface area contributed by atoms with Crippen molar-refractivity contribution >= 4 is 16.0 Å². The Morgan fingerprint density at radius 2 is 1.42 bits per heavy atom. The summed E-state index contributed by atoms with van der Waals surface area (Å²) in [6.45, 7) is 3.91. The number of rotatable bonds is 5. The van der Waals surface area contributed by atoms with Gasteiger partial charge in [0, 0.05) is 0 Å². The Hall–Kier alpha value is -2.00. The SMILES string of the molecule is C=CS(CC(=O)O)(c1ccccc1)c1ccccc1. The second-order valence-corrected chi connectivity index (χ2v) is 7.27.